The number of hydrogen-bond donors (Lipinski definition) is 3. The van der Waals surface area contributed by atoms with Crippen LogP contribution in [0.3, 0.4) is 0 Å². The van der Waals surface area contributed by atoms with Crippen molar-refractivity contribution in [3.05, 3.63) is 59.7 Å². The number of carbonyl (C=O) groups is 4. The number of amides is 2. The average Bonchev–Trinajstić information content (AvgIpc) is 3.23. The standard InChI is InChI=1S/C23H22N2O8/c26-13-6-7-14(15(27)10-13)19-17-18(23(24-19,22(32)33)9-8-16(28)29)21(31)25(20(17)30)11-12-4-2-1-3-5-12/h1-7,10,17-19,24,26-27H,8-9,11H2,(H,28,29)(H,32,33)/p-1. The highest BCUT2D eigenvalue weighted by molar-refractivity contribution is 6.08. The molecule has 33 heavy (non-hydrogen) atoms. The number of likely N-dealkylation sites (tertiary alicyclic amines) is 1. The van der Waals surface area contributed by atoms with E-state index in [2.05, 4.69) is 0 Å². The molecule has 2 saturated heterocycles. The molecule has 2 aliphatic rings. The van der Waals surface area contributed by atoms with Crippen LogP contribution in [0.4, 0.5) is 0 Å². The van der Waals surface area contributed by atoms with Crippen LogP contribution in [0.15, 0.2) is 48.5 Å². The van der Waals surface area contributed by atoms with Crippen molar-refractivity contribution in [3.8, 4) is 11.5 Å². The van der Waals surface area contributed by atoms with Gasteiger partial charge in [0.1, 0.15) is 40.9 Å². The summed E-state index contributed by atoms with van der Waals surface area (Å²) in [6, 6.07) is 11.3. The normalized spacial score (nSPS) is 26.4. The number of rotatable bonds is 7. The number of nitrogens with two attached hydrogens (primary N) is 1. The summed E-state index contributed by atoms with van der Waals surface area (Å²) in [4.78, 5) is 51.3. The smallest absolute Gasteiger partial charge is 0.240 e. The highest BCUT2D eigenvalue weighted by atomic mass is 16.4. The summed E-state index contributed by atoms with van der Waals surface area (Å²) in [7, 11) is 0. The Morgan fingerprint density at radius 1 is 1.03 bits per heavy atom. The monoisotopic (exact) mass is 453 g/mol. The Balaban J connectivity index is 1.81. The summed E-state index contributed by atoms with van der Waals surface area (Å²) in [5.74, 6) is -7.77. The largest absolute Gasteiger partial charge is 0.550 e. The van der Waals surface area contributed by atoms with E-state index in [4.69, 9.17) is 0 Å². The van der Waals surface area contributed by atoms with E-state index < -0.39 is 60.0 Å². The lowest BCUT2D eigenvalue weighted by molar-refractivity contribution is -0.739. The van der Waals surface area contributed by atoms with Crippen molar-refractivity contribution >= 4 is 23.8 Å². The Morgan fingerprint density at radius 2 is 1.73 bits per heavy atom. The molecule has 0 radical (unpaired) electrons. The molecule has 4 unspecified atom stereocenters. The van der Waals surface area contributed by atoms with Gasteiger partial charge in [0.2, 0.25) is 11.8 Å². The first-order valence-corrected chi connectivity index (χ1v) is 10.3. The topological polar surface area (TPSA) is 175 Å². The predicted molar refractivity (Wildman–Crippen MR) is 105 cm³/mol. The first-order valence-electron chi connectivity index (χ1n) is 10.3. The number of phenolic OH excluding ortho intramolecular Hbond substituents is 2. The molecule has 2 aliphatic heterocycles. The lowest BCUT2D eigenvalue weighted by Gasteiger charge is -2.33. The molecule has 2 aromatic rings. The first-order chi connectivity index (χ1) is 15.7. The van der Waals surface area contributed by atoms with Gasteiger partial charge >= 0.3 is 0 Å². The Hall–Kier alpha value is -3.92. The minimum absolute atomic E-state index is 0.0800. The number of quaternary nitrogens is 1. The van der Waals surface area contributed by atoms with E-state index in [1.165, 1.54) is 17.4 Å². The molecule has 10 nitrogen and oxygen atoms in total. The molecular weight excluding hydrogens is 432 g/mol. The van der Waals surface area contributed by atoms with Crippen LogP contribution in [-0.4, -0.2) is 44.4 Å². The maximum Gasteiger partial charge on any atom is 0.240 e. The van der Waals surface area contributed by atoms with E-state index in [1.807, 2.05) is 0 Å². The van der Waals surface area contributed by atoms with Gasteiger partial charge in [0.05, 0.1) is 12.1 Å². The van der Waals surface area contributed by atoms with Crippen molar-refractivity contribution in [2.45, 2.75) is 31.0 Å². The SMILES string of the molecule is O=C([O-])CCC1(C(=O)[O-])[NH2+]C(c2ccc(O)cc2O)C2C(=O)N(Cc3ccccc3)C(=O)C21. The number of fused-ring (bicyclic) bond motifs is 1. The van der Waals surface area contributed by atoms with Gasteiger partial charge in [0.15, 0.2) is 0 Å². The molecule has 2 amide bonds. The third-order valence-electron chi connectivity index (χ3n) is 6.54. The number of aliphatic carboxylic acids is 2. The van der Waals surface area contributed by atoms with E-state index in [0.717, 1.165) is 11.0 Å². The lowest BCUT2D eigenvalue weighted by atomic mass is 9.77. The number of benzene rings is 2. The number of imide groups is 1. The van der Waals surface area contributed by atoms with E-state index in [-0.39, 0.29) is 23.6 Å². The third-order valence-corrected chi connectivity index (χ3v) is 6.54. The second kappa shape index (κ2) is 8.21. The average molecular weight is 453 g/mol. The zero-order valence-electron chi connectivity index (χ0n) is 17.3. The fourth-order valence-corrected chi connectivity index (χ4v) is 5.05. The van der Waals surface area contributed by atoms with Crippen LogP contribution in [0.5, 0.6) is 11.5 Å². The number of carboxylic acid groups (broad SMARTS) is 2. The molecule has 10 heteroatoms. The first kappa shape index (κ1) is 22.3. The Morgan fingerprint density at radius 3 is 2.33 bits per heavy atom. The number of phenols is 2. The molecule has 172 valence electrons. The van der Waals surface area contributed by atoms with Crippen molar-refractivity contribution in [1.29, 1.82) is 0 Å². The van der Waals surface area contributed by atoms with Gasteiger partial charge in [-0.25, -0.2) is 0 Å². The number of hydrogen-bond acceptors (Lipinski definition) is 8. The quantitative estimate of drug-likeness (QED) is 0.387. The van der Waals surface area contributed by atoms with Crippen molar-refractivity contribution in [1.82, 2.24) is 4.90 Å². The van der Waals surface area contributed by atoms with Crippen molar-refractivity contribution in [2.24, 2.45) is 11.8 Å². The van der Waals surface area contributed by atoms with Crippen LogP contribution in [0, 0.1) is 11.8 Å². The lowest BCUT2D eigenvalue weighted by Crippen LogP contribution is -2.99. The van der Waals surface area contributed by atoms with Gasteiger partial charge in [-0.3, -0.25) is 14.5 Å². The minimum atomic E-state index is -2.06. The highest BCUT2D eigenvalue weighted by Crippen LogP contribution is 2.47. The summed E-state index contributed by atoms with van der Waals surface area (Å²) in [6.45, 7) is -0.0800. The van der Waals surface area contributed by atoms with Gasteiger partial charge in [-0.15, -0.1) is 0 Å². The van der Waals surface area contributed by atoms with Gasteiger partial charge in [-0.1, -0.05) is 30.3 Å². The van der Waals surface area contributed by atoms with Crippen LogP contribution in [0.2, 0.25) is 0 Å². The Kier molecular flexibility index (Phi) is 5.54. The van der Waals surface area contributed by atoms with Gasteiger partial charge in [0.25, 0.3) is 0 Å². The number of aromatic hydroxyl groups is 2. The second-order valence-corrected chi connectivity index (χ2v) is 8.39. The molecule has 4 atom stereocenters. The maximum absolute atomic E-state index is 13.4. The minimum Gasteiger partial charge on any atom is -0.550 e. The van der Waals surface area contributed by atoms with Gasteiger partial charge in [-0.2, -0.15) is 0 Å². The summed E-state index contributed by atoms with van der Waals surface area (Å²) >= 11 is 0. The van der Waals surface area contributed by atoms with Crippen LogP contribution in [-0.2, 0) is 25.7 Å². The van der Waals surface area contributed by atoms with Crippen molar-refractivity contribution in [3.63, 3.8) is 0 Å². The number of nitrogens with zero attached hydrogens (tertiary/aromatic N) is 1. The molecule has 4 rings (SSSR count). The number of carbonyl (C=O) groups excluding carboxylic acids is 4. The highest BCUT2D eigenvalue weighted by Gasteiger charge is 2.69. The fourth-order valence-electron chi connectivity index (χ4n) is 5.05. The summed E-state index contributed by atoms with van der Waals surface area (Å²) < 4.78 is 0. The molecule has 0 spiro atoms. The van der Waals surface area contributed by atoms with Crippen LogP contribution < -0.4 is 15.5 Å². The molecule has 0 bridgehead atoms. The van der Waals surface area contributed by atoms with Crippen LogP contribution >= 0.6 is 0 Å². The van der Waals surface area contributed by atoms with Crippen molar-refractivity contribution in [2.75, 3.05) is 0 Å². The molecule has 4 N–H and O–H groups in total. The van der Waals surface area contributed by atoms with Gasteiger partial charge < -0.3 is 35.3 Å². The molecule has 0 aliphatic carbocycles. The maximum atomic E-state index is 13.4. The number of carboxylic acids is 2. The molecule has 0 aromatic heterocycles. The zero-order valence-corrected chi connectivity index (χ0v) is 17.3. The van der Waals surface area contributed by atoms with Crippen LogP contribution in [0.25, 0.3) is 0 Å². The molecular formula is C23H21N2O8-. The summed E-state index contributed by atoms with van der Waals surface area (Å²) in [5, 5.41) is 44.8. The van der Waals surface area contributed by atoms with E-state index >= 15 is 0 Å². The van der Waals surface area contributed by atoms with Crippen molar-refractivity contribution < 1.29 is 44.9 Å². The van der Waals surface area contributed by atoms with E-state index in [1.54, 1.807) is 30.3 Å². The van der Waals surface area contributed by atoms with Gasteiger partial charge in [-0.05, 0) is 24.1 Å². The molecule has 2 heterocycles. The molecule has 0 saturated carbocycles. The fraction of sp³-hybridized carbons (Fsp3) is 0.304. The zero-order chi connectivity index (χ0) is 23.9. The molecule has 2 aromatic carbocycles. The third kappa shape index (κ3) is 3.68. The predicted octanol–water partition coefficient (Wildman–Crippen LogP) is -2.46. The van der Waals surface area contributed by atoms with Crippen LogP contribution in [0.1, 0.15) is 30.0 Å². The van der Waals surface area contributed by atoms with E-state index in [9.17, 15) is 39.6 Å². The van der Waals surface area contributed by atoms with E-state index in [0.29, 0.717) is 5.56 Å². The molecule has 2 fully saturated rings. The Bertz CT molecular complexity index is 1130. The summed E-state index contributed by atoms with van der Waals surface area (Å²) in [5.41, 5.74) is -1.26. The van der Waals surface area contributed by atoms with Gasteiger partial charge in [0, 0.05) is 18.5 Å². The summed E-state index contributed by atoms with van der Waals surface area (Å²) in [6.07, 6.45) is -1.17. The second-order valence-electron chi connectivity index (χ2n) is 8.39. The Labute approximate surface area is 188 Å².